The molecule has 2 aromatic carbocycles. The van der Waals surface area contributed by atoms with Crippen LogP contribution in [0.1, 0.15) is 20.7 Å². The molecule has 3 nitrogen and oxygen atoms in total. The molecule has 0 fully saturated rings. The van der Waals surface area contributed by atoms with Crippen molar-refractivity contribution in [1.82, 2.24) is 0 Å². The van der Waals surface area contributed by atoms with Gasteiger partial charge in [0.1, 0.15) is 0 Å². The summed E-state index contributed by atoms with van der Waals surface area (Å²) in [6.07, 6.45) is 1.41. The van der Waals surface area contributed by atoms with E-state index >= 15 is 0 Å². The summed E-state index contributed by atoms with van der Waals surface area (Å²) in [6, 6.07) is 14.1. The monoisotopic (exact) mass is 281 g/mol. The minimum atomic E-state index is -0.127. The number of Topliss-reactive ketones (excluding diaryl/α,β-unsaturated/α-hetero) is 1. The molecule has 0 amide bonds. The van der Waals surface area contributed by atoms with Crippen molar-refractivity contribution in [2.75, 3.05) is 5.73 Å². The first-order chi connectivity index (χ1) is 9.65. The van der Waals surface area contributed by atoms with Crippen LogP contribution >= 0.6 is 11.8 Å². The van der Waals surface area contributed by atoms with Gasteiger partial charge in [0.05, 0.1) is 4.91 Å². The zero-order valence-electron chi connectivity index (χ0n) is 10.5. The maximum absolute atomic E-state index is 12.4. The van der Waals surface area contributed by atoms with Crippen LogP contribution in [0, 0.1) is 0 Å². The molecule has 0 atom stereocenters. The molecule has 1 aliphatic rings. The Kier molecular flexibility index (Phi) is 3.16. The van der Waals surface area contributed by atoms with Gasteiger partial charge in [-0.2, -0.15) is 0 Å². The third kappa shape index (κ3) is 2.26. The van der Waals surface area contributed by atoms with Crippen LogP contribution in [0.25, 0.3) is 0 Å². The van der Waals surface area contributed by atoms with Gasteiger partial charge in [-0.15, -0.1) is 0 Å². The van der Waals surface area contributed by atoms with Crippen molar-refractivity contribution in [2.24, 2.45) is 0 Å². The fourth-order valence-electron chi connectivity index (χ4n) is 2.03. The van der Waals surface area contributed by atoms with Crippen molar-refractivity contribution < 1.29 is 9.59 Å². The molecule has 1 aliphatic carbocycles. The Balaban J connectivity index is 1.94. The van der Waals surface area contributed by atoms with Gasteiger partial charge in [0.2, 0.25) is 5.78 Å². The molecule has 0 saturated heterocycles. The Bertz CT molecular complexity index is 732. The summed E-state index contributed by atoms with van der Waals surface area (Å²) in [4.78, 5) is 25.7. The predicted molar refractivity (Wildman–Crippen MR) is 79.9 cm³/mol. The number of carbonyl (C=O) groups is 2. The smallest absolute Gasteiger partial charge is 0.200 e. The van der Waals surface area contributed by atoms with Gasteiger partial charge in [0.15, 0.2) is 5.78 Å². The minimum absolute atomic E-state index is 0.109. The molecule has 0 saturated carbocycles. The average Bonchev–Trinajstić information content (AvgIpc) is 2.47. The van der Waals surface area contributed by atoms with Crippen molar-refractivity contribution in [3.05, 3.63) is 70.6 Å². The molecule has 0 spiro atoms. The Hall–Kier alpha value is -2.33. The highest BCUT2D eigenvalue weighted by Gasteiger charge is 2.25. The van der Waals surface area contributed by atoms with Gasteiger partial charge >= 0.3 is 0 Å². The molecular weight excluding hydrogens is 270 g/mol. The summed E-state index contributed by atoms with van der Waals surface area (Å²) >= 11 is 1.28. The molecular formula is C16H11NO2S. The van der Waals surface area contributed by atoms with Crippen LogP contribution in [0.3, 0.4) is 0 Å². The molecule has 0 unspecified atom stereocenters. The summed E-state index contributed by atoms with van der Waals surface area (Å²) < 4.78 is 0. The summed E-state index contributed by atoms with van der Waals surface area (Å²) in [5.74, 6) is -0.236. The Morgan fingerprint density at radius 2 is 1.50 bits per heavy atom. The number of allylic oxidation sites excluding steroid dienone is 2. The summed E-state index contributed by atoms with van der Waals surface area (Å²) in [7, 11) is 0. The molecule has 0 aliphatic heterocycles. The minimum Gasteiger partial charge on any atom is -0.399 e. The zero-order chi connectivity index (χ0) is 14.1. The van der Waals surface area contributed by atoms with E-state index < -0.39 is 0 Å². The van der Waals surface area contributed by atoms with Crippen LogP contribution in [0.2, 0.25) is 0 Å². The number of rotatable bonds is 2. The average molecular weight is 281 g/mol. The Labute approximate surface area is 120 Å². The van der Waals surface area contributed by atoms with Crippen LogP contribution in [0.5, 0.6) is 0 Å². The molecule has 0 radical (unpaired) electrons. The maximum atomic E-state index is 12.4. The fraction of sp³-hybridized carbons (Fsp3) is 0. The second-order valence-corrected chi connectivity index (χ2v) is 5.53. The Morgan fingerprint density at radius 1 is 0.850 bits per heavy atom. The van der Waals surface area contributed by atoms with Gasteiger partial charge < -0.3 is 5.73 Å². The van der Waals surface area contributed by atoms with Crippen molar-refractivity contribution in [2.45, 2.75) is 4.90 Å². The first-order valence-corrected chi connectivity index (χ1v) is 6.90. The van der Waals surface area contributed by atoms with Crippen molar-refractivity contribution in [3.8, 4) is 0 Å². The summed E-state index contributed by atoms with van der Waals surface area (Å²) in [6.45, 7) is 0. The van der Waals surface area contributed by atoms with Crippen molar-refractivity contribution in [1.29, 1.82) is 0 Å². The molecule has 20 heavy (non-hydrogen) atoms. The van der Waals surface area contributed by atoms with Crippen LogP contribution in [0.15, 0.2) is 64.4 Å². The number of thioether (sulfide) groups is 1. The number of hydrogen-bond acceptors (Lipinski definition) is 4. The normalized spacial score (nSPS) is 13.9. The van der Waals surface area contributed by atoms with Gasteiger partial charge in [0, 0.05) is 27.8 Å². The lowest BCUT2D eigenvalue weighted by Gasteiger charge is -2.14. The van der Waals surface area contributed by atoms with Crippen molar-refractivity contribution >= 4 is 29.0 Å². The molecule has 4 heteroatoms. The standard InChI is InChI=1S/C16H11NO2S/c17-10-5-7-11(8-6-10)20-15-9-14(18)12-3-1-2-4-13(12)16(15)19/h1-9H,17H2. The second-order valence-electron chi connectivity index (χ2n) is 4.42. The van der Waals surface area contributed by atoms with Gasteiger partial charge in [-0.1, -0.05) is 36.0 Å². The fourth-order valence-corrected chi connectivity index (χ4v) is 2.92. The second kappa shape index (κ2) is 4.98. The van der Waals surface area contributed by atoms with E-state index in [1.807, 2.05) is 12.1 Å². The number of fused-ring (bicyclic) bond motifs is 1. The first kappa shape index (κ1) is 12.7. The SMILES string of the molecule is Nc1ccc(SC2=CC(=O)c3ccccc3C2=O)cc1. The highest BCUT2D eigenvalue weighted by molar-refractivity contribution is 8.04. The lowest BCUT2D eigenvalue weighted by atomic mass is 9.95. The van der Waals surface area contributed by atoms with Crippen molar-refractivity contribution in [3.63, 3.8) is 0 Å². The van der Waals surface area contributed by atoms with Crippen LogP contribution in [0.4, 0.5) is 5.69 Å². The van der Waals surface area contributed by atoms with E-state index in [4.69, 9.17) is 5.73 Å². The van der Waals surface area contributed by atoms with E-state index in [2.05, 4.69) is 0 Å². The van der Waals surface area contributed by atoms with Gasteiger partial charge in [0.25, 0.3) is 0 Å². The number of nitrogen functional groups attached to an aromatic ring is 1. The van der Waals surface area contributed by atoms with E-state index in [-0.39, 0.29) is 11.6 Å². The van der Waals surface area contributed by atoms with Crippen LogP contribution in [-0.4, -0.2) is 11.6 Å². The quantitative estimate of drug-likeness (QED) is 0.858. The first-order valence-electron chi connectivity index (χ1n) is 6.08. The van der Waals surface area contributed by atoms with Gasteiger partial charge in [-0.25, -0.2) is 0 Å². The summed E-state index contributed by atoms with van der Waals surface area (Å²) in [5.41, 5.74) is 7.24. The van der Waals surface area contributed by atoms with E-state index in [9.17, 15) is 9.59 Å². The number of ketones is 2. The molecule has 0 bridgehead atoms. The molecule has 0 heterocycles. The third-order valence-corrected chi connectivity index (χ3v) is 4.06. The number of benzene rings is 2. The van der Waals surface area contributed by atoms with Gasteiger partial charge in [-0.3, -0.25) is 9.59 Å². The highest BCUT2D eigenvalue weighted by Crippen LogP contribution is 2.33. The lowest BCUT2D eigenvalue weighted by molar-refractivity contribution is 0.0991. The van der Waals surface area contributed by atoms with Crippen LogP contribution < -0.4 is 5.73 Å². The van der Waals surface area contributed by atoms with E-state index in [1.54, 1.807) is 36.4 Å². The van der Waals surface area contributed by atoms with E-state index in [0.717, 1.165) is 4.90 Å². The molecule has 3 rings (SSSR count). The van der Waals surface area contributed by atoms with E-state index in [1.165, 1.54) is 17.8 Å². The van der Waals surface area contributed by atoms with E-state index in [0.29, 0.717) is 21.7 Å². The summed E-state index contributed by atoms with van der Waals surface area (Å²) in [5, 5.41) is 0. The van der Waals surface area contributed by atoms with Gasteiger partial charge in [-0.05, 0) is 24.3 Å². The molecule has 0 aromatic heterocycles. The number of nitrogens with two attached hydrogens (primary N) is 1. The molecule has 98 valence electrons. The zero-order valence-corrected chi connectivity index (χ0v) is 11.3. The Morgan fingerprint density at radius 3 is 2.20 bits per heavy atom. The van der Waals surface area contributed by atoms with Crippen LogP contribution in [-0.2, 0) is 0 Å². The predicted octanol–water partition coefficient (Wildman–Crippen LogP) is 3.32. The maximum Gasteiger partial charge on any atom is 0.200 e. The highest BCUT2D eigenvalue weighted by atomic mass is 32.2. The topological polar surface area (TPSA) is 60.2 Å². The molecule has 2 N–H and O–H groups in total. The lowest BCUT2D eigenvalue weighted by Crippen LogP contribution is -2.15. The number of anilines is 1. The third-order valence-electron chi connectivity index (χ3n) is 3.03. The largest absolute Gasteiger partial charge is 0.399 e. The number of carbonyl (C=O) groups excluding carboxylic acids is 2. The number of hydrogen-bond donors (Lipinski definition) is 1. The molecule has 2 aromatic rings.